The van der Waals surface area contributed by atoms with Crippen LogP contribution in [0.15, 0.2) is 35.7 Å². The van der Waals surface area contributed by atoms with Crippen LogP contribution in [-0.4, -0.2) is 44.6 Å². The molecule has 0 amide bonds. The Labute approximate surface area is 148 Å². The van der Waals surface area contributed by atoms with Crippen LogP contribution < -0.4 is 14.8 Å². The molecule has 0 spiro atoms. The van der Waals surface area contributed by atoms with Crippen molar-refractivity contribution in [1.29, 1.82) is 0 Å². The van der Waals surface area contributed by atoms with E-state index < -0.39 is 6.36 Å². The minimum absolute atomic E-state index is 0.172. The average Bonchev–Trinajstić information content (AvgIpc) is 3.09. The number of hydrogen-bond donors (Lipinski definition) is 1. The van der Waals surface area contributed by atoms with E-state index in [0.717, 1.165) is 31.1 Å². The Morgan fingerprint density at radius 1 is 1.20 bits per heavy atom. The van der Waals surface area contributed by atoms with Crippen LogP contribution in [0, 0.1) is 0 Å². The molecule has 0 radical (unpaired) electrons. The number of thiophene rings is 1. The molecule has 1 aliphatic heterocycles. The monoisotopic (exact) mass is 372 g/mol. The maximum atomic E-state index is 12.6. The van der Waals surface area contributed by atoms with Crippen molar-refractivity contribution in [3.05, 3.63) is 46.2 Å². The van der Waals surface area contributed by atoms with Crippen molar-refractivity contribution in [2.24, 2.45) is 0 Å². The van der Waals surface area contributed by atoms with Gasteiger partial charge in [-0.15, -0.1) is 24.5 Å². The molecule has 1 N–H and O–H groups in total. The van der Waals surface area contributed by atoms with Gasteiger partial charge in [-0.05, 0) is 29.6 Å². The van der Waals surface area contributed by atoms with Gasteiger partial charge >= 0.3 is 6.36 Å². The number of nitrogens with one attached hydrogen (secondary N) is 1. The summed E-state index contributed by atoms with van der Waals surface area (Å²) in [6.07, 6.45) is -4.72. The second-order valence-electron chi connectivity index (χ2n) is 5.66. The third kappa shape index (κ3) is 4.45. The van der Waals surface area contributed by atoms with Crippen LogP contribution in [-0.2, 0) is 0 Å². The normalized spacial score (nSPS) is 17.3. The summed E-state index contributed by atoms with van der Waals surface area (Å²) in [6, 6.07) is 8.00. The Hall–Kier alpha value is -1.77. The first-order chi connectivity index (χ1) is 12.0. The Kier molecular flexibility index (Phi) is 5.51. The Balaban J connectivity index is 2.02. The van der Waals surface area contributed by atoms with Crippen LogP contribution in [0.3, 0.4) is 0 Å². The van der Waals surface area contributed by atoms with E-state index >= 15 is 0 Å². The zero-order valence-electron chi connectivity index (χ0n) is 13.7. The summed E-state index contributed by atoms with van der Waals surface area (Å²) < 4.78 is 47.4. The lowest BCUT2D eigenvalue weighted by Gasteiger charge is -2.35. The maximum Gasteiger partial charge on any atom is 0.573 e. The minimum atomic E-state index is -4.72. The van der Waals surface area contributed by atoms with Gasteiger partial charge in [-0.2, -0.15) is 0 Å². The molecule has 2 heterocycles. The van der Waals surface area contributed by atoms with E-state index in [9.17, 15) is 13.2 Å². The summed E-state index contributed by atoms with van der Waals surface area (Å²) in [4.78, 5) is 3.31. The van der Waals surface area contributed by atoms with Crippen molar-refractivity contribution >= 4 is 11.3 Å². The quantitative estimate of drug-likeness (QED) is 0.869. The van der Waals surface area contributed by atoms with Crippen LogP contribution in [0.5, 0.6) is 11.5 Å². The summed E-state index contributed by atoms with van der Waals surface area (Å²) in [7, 11) is 1.52. The summed E-state index contributed by atoms with van der Waals surface area (Å²) >= 11 is 1.58. The summed E-state index contributed by atoms with van der Waals surface area (Å²) in [5.41, 5.74) is 0.675. The molecular weight excluding hydrogens is 353 g/mol. The molecule has 136 valence electrons. The molecule has 0 bridgehead atoms. The number of ether oxygens (including phenoxy) is 2. The zero-order valence-corrected chi connectivity index (χ0v) is 14.5. The van der Waals surface area contributed by atoms with Crippen LogP contribution in [0.1, 0.15) is 16.5 Å². The highest BCUT2D eigenvalue weighted by molar-refractivity contribution is 7.10. The number of nitrogens with zero attached hydrogens (tertiary/aromatic N) is 1. The van der Waals surface area contributed by atoms with Gasteiger partial charge in [0.2, 0.25) is 0 Å². The van der Waals surface area contributed by atoms with Gasteiger partial charge in [0.15, 0.2) is 0 Å². The van der Waals surface area contributed by atoms with E-state index in [1.165, 1.54) is 25.3 Å². The van der Waals surface area contributed by atoms with Gasteiger partial charge in [-0.1, -0.05) is 6.07 Å². The highest BCUT2D eigenvalue weighted by Crippen LogP contribution is 2.39. The van der Waals surface area contributed by atoms with E-state index in [2.05, 4.69) is 15.0 Å². The fourth-order valence-electron chi connectivity index (χ4n) is 3.04. The number of hydrogen-bond acceptors (Lipinski definition) is 5. The predicted molar refractivity (Wildman–Crippen MR) is 90.3 cm³/mol. The summed E-state index contributed by atoms with van der Waals surface area (Å²) in [5, 5.41) is 5.26. The molecule has 25 heavy (non-hydrogen) atoms. The lowest BCUT2D eigenvalue weighted by Crippen LogP contribution is -2.45. The highest BCUT2D eigenvalue weighted by Gasteiger charge is 2.33. The second-order valence-corrected chi connectivity index (χ2v) is 6.63. The molecule has 8 heteroatoms. The molecule has 1 aromatic carbocycles. The molecule has 1 atom stereocenters. The Morgan fingerprint density at radius 3 is 2.56 bits per heavy atom. The van der Waals surface area contributed by atoms with Crippen LogP contribution in [0.25, 0.3) is 0 Å². The third-order valence-corrected chi connectivity index (χ3v) is 4.98. The fourth-order valence-corrected chi connectivity index (χ4v) is 3.92. The lowest BCUT2D eigenvalue weighted by atomic mass is 10.0. The first kappa shape index (κ1) is 18.0. The molecular formula is C17H19F3N2O2S. The first-order valence-corrected chi connectivity index (χ1v) is 8.78. The van der Waals surface area contributed by atoms with Crippen molar-refractivity contribution in [1.82, 2.24) is 10.2 Å². The van der Waals surface area contributed by atoms with Gasteiger partial charge in [0.25, 0.3) is 0 Å². The Bertz CT molecular complexity index is 686. The zero-order chi connectivity index (χ0) is 17.9. The molecule has 3 rings (SSSR count). The van der Waals surface area contributed by atoms with Gasteiger partial charge in [0.05, 0.1) is 13.2 Å². The Morgan fingerprint density at radius 2 is 1.96 bits per heavy atom. The molecule has 0 aliphatic carbocycles. The molecule has 4 nitrogen and oxygen atoms in total. The van der Waals surface area contributed by atoms with E-state index in [4.69, 9.17) is 4.74 Å². The van der Waals surface area contributed by atoms with Gasteiger partial charge in [-0.3, -0.25) is 4.90 Å². The van der Waals surface area contributed by atoms with Crippen molar-refractivity contribution in [2.75, 3.05) is 33.3 Å². The number of rotatable bonds is 5. The van der Waals surface area contributed by atoms with Gasteiger partial charge in [-0.25, -0.2) is 0 Å². The number of piperazine rings is 1. The minimum Gasteiger partial charge on any atom is -0.496 e. The lowest BCUT2D eigenvalue weighted by molar-refractivity contribution is -0.274. The molecule has 1 saturated heterocycles. The SMILES string of the molecule is COc1ccc(OC(F)(F)F)cc1[C@@H](c1cccs1)N1CCNCC1. The van der Waals surface area contributed by atoms with Gasteiger partial charge < -0.3 is 14.8 Å². The highest BCUT2D eigenvalue weighted by atomic mass is 32.1. The molecule has 2 aromatic rings. The van der Waals surface area contributed by atoms with E-state index in [-0.39, 0.29) is 11.8 Å². The van der Waals surface area contributed by atoms with Crippen molar-refractivity contribution in [3.63, 3.8) is 0 Å². The van der Waals surface area contributed by atoms with E-state index in [1.54, 1.807) is 11.3 Å². The molecule has 1 aromatic heterocycles. The number of halogens is 3. The topological polar surface area (TPSA) is 33.7 Å². The number of alkyl halides is 3. The maximum absolute atomic E-state index is 12.6. The van der Waals surface area contributed by atoms with Crippen molar-refractivity contribution < 1.29 is 22.6 Å². The standard InChI is InChI=1S/C17H19F3N2O2S/c1-23-14-5-4-12(24-17(18,19)20)11-13(14)16(15-3-2-10-25-15)22-8-6-21-7-9-22/h2-5,10-11,16,21H,6-9H2,1H3/t16-/m0/s1. The second kappa shape index (κ2) is 7.63. The molecule has 1 aliphatic rings. The molecule has 0 saturated carbocycles. The van der Waals surface area contributed by atoms with Crippen LogP contribution in [0.4, 0.5) is 13.2 Å². The summed E-state index contributed by atoms with van der Waals surface area (Å²) in [6.45, 7) is 3.28. The predicted octanol–water partition coefficient (Wildman–Crippen LogP) is 3.65. The first-order valence-electron chi connectivity index (χ1n) is 7.90. The smallest absolute Gasteiger partial charge is 0.496 e. The van der Waals surface area contributed by atoms with E-state index in [1.807, 2.05) is 17.5 Å². The van der Waals surface area contributed by atoms with Crippen molar-refractivity contribution in [3.8, 4) is 11.5 Å². The van der Waals surface area contributed by atoms with Crippen LogP contribution in [0.2, 0.25) is 0 Å². The summed E-state index contributed by atoms with van der Waals surface area (Å²) in [5.74, 6) is 0.312. The number of benzene rings is 1. The van der Waals surface area contributed by atoms with Gasteiger partial charge in [0, 0.05) is 36.6 Å². The van der Waals surface area contributed by atoms with Crippen molar-refractivity contribution in [2.45, 2.75) is 12.4 Å². The molecule has 0 unspecified atom stereocenters. The molecule has 1 fully saturated rings. The van der Waals surface area contributed by atoms with Gasteiger partial charge in [0.1, 0.15) is 11.5 Å². The van der Waals surface area contributed by atoms with Crippen LogP contribution >= 0.6 is 11.3 Å². The van der Waals surface area contributed by atoms with E-state index in [0.29, 0.717) is 11.3 Å². The largest absolute Gasteiger partial charge is 0.573 e. The number of methoxy groups -OCH3 is 1. The average molecular weight is 372 g/mol. The fraction of sp³-hybridized carbons (Fsp3) is 0.412. The third-order valence-electron chi connectivity index (χ3n) is 4.06.